The predicted octanol–water partition coefficient (Wildman–Crippen LogP) is 3.53. The van der Waals surface area contributed by atoms with E-state index < -0.39 is 5.82 Å². The van der Waals surface area contributed by atoms with Gasteiger partial charge in [-0.25, -0.2) is 4.39 Å². The first-order chi connectivity index (χ1) is 11.6. The lowest BCUT2D eigenvalue weighted by Gasteiger charge is -2.45. The molecule has 0 spiro atoms. The molecule has 2 aromatic carbocycles. The third kappa shape index (κ3) is 2.60. The van der Waals surface area contributed by atoms with Crippen LogP contribution in [0.5, 0.6) is 0 Å². The highest BCUT2D eigenvalue weighted by molar-refractivity contribution is 6.33. The van der Waals surface area contributed by atoms with Gasteiger partial charge in [-0.05, 0) is 29.7 Å². The number of carbonyl (C=O) groups is 1. The summed E-state index contributed by atoms with van der Waals surface area (Å²) in [7, 11) is 0. The zero-order chi connectivity index (χ0) is 16.7. The fourth-order valence-corrected chi connectivity index (χ4v) is 4.02. The summed E-state index contributed by atoms with van der Waals surface area (Å²) in [6, 6.07) is 12.9. The van der Waals surface area contributed by atoms with Gasteiger partial charge < -0.3 is 4.90 Å². The number of halogens is 2. The van der Waals surface area contributed by atoms with Crippen LogP contribution in [0.25, 0.3) is 0 Å². The average Bonchev–Trinajstić information content (AvgIpc) is 2.61. The van der Waals surface area contributed by atoms with Crippen molar-refractivity contribution in [2.75, 3.05) is 26.2 Å². The zero-order valence-electron chi connectivity index (χ0n) is 13.2. The van der Waals surface area contributed by atoms with E-state index in [1.165, 1.54) is 23.3 Å². The smallest absolute Gasteiger partial charge is 0.258 e. The number of rotatable bonds is 1. The van der Waals surface area contributed by atoms with Gasteiger partial charge in [0.15, 0.2) is 0 Å². The third-order valence-electron chi connectivity index (χ3n) is 5.04. The van der Waals surface area contributed by atoms with Crippen molar-refractivity contribution < 1.29 is 9.18 Å². The number of piperazine rings is 1. The summed E-state index contributed by atoms with van der Waals surface area (Å²) in [6.07, 6.45) is 1.04. The van der Waals surface area contributed by atoms with E-state index in [1.807, 2.05) is 6.07 Å². The first-order valence-electron chi connectivity index (χ1n) is 8.20. The van der Waals surface area contributed by atoms with Crippen molar-refractivity contribution in [3.63, 3.8) is 0 Å². The first kappa shape index (κ1) is 15.6. The van der Waals surface area contributed by atoms with Gasteiger partial charge in [-0.3, -0.25) is 9.69 Å². The molecule has 0 saturated carbocycles. The molecule has 1 saturated heterocycles. The molecule has 24 heavy (non-hydrogen) atoms. The van der Waals surface area contributed by atoms with Crippen molar-refractivity contribution in [2.24, 2.45) is 0 Å². The molecule has 2 aliphatic rings. The average molecular weight is 345 g/mol. The molecule has 0 N–H and O–H groups in total. The molecule has 1 unspecified atom stereocenters. The van der Waals surface area contributed by atoms with Crippen molar-refractivity contribution in [1.82, 2.24) is 9.80 Å². The molecule has 1 atom stereocenters. The van der Waals surface area contributed by atoms with E-state index in [-0.39, 0.29) is 22.5 Å². The first-order valence-corrected chi connectivity index (χ1v) is 8.58. The van der Waals surface area contributed by atoms with Crippen LogP contribution in [0.3, 0.4) is 0 Å². The SMILES string of the molecule is O=C(c1c(F)cccc1Cl)N1CCN2CCc3ccccc3C2C1. The molecule has 0 radical (unpaired) electrons. The van der Waals surface area contributed by atoms with Gasteiger partial charge in [-0.15, -0.1) is 0 Å². The van der Waals surface area contributed by atoms with Gasteiger partial charge in [0, 0.05) is 26.2 Å². The Labute approximate surface area is 145 Å². The lowest BCUT2D eigenvalue weighted by atomic mass is 9.91. The maximum atomic E-state index is 14.1. The normalized spacial score (nSPS) is 20.4. The Kier molecular flexibility index (Phi) is 4.02. The molecule has 5 heteroatoms. The largest absolute Gasteiger partial charge is 0.335 e. The zero-order valence-corrected chi connectivity index (χ0v) is 14.0. The third-order valence-corrected chi connectivity index (χ3v) is 5.35. The van der Waals surface area contributed by atoms with Crippen LogP contribution in [-0.4, -0.2) is 41.9 Å². The molecule has 124 valence electrons. The minimum atomic E-state index is -0.557. The van der Waals surface area contributed by atoms with Gasteiger partial charge in [-0.1, -0.05) is 41.9 Å². The minimum Gasteiger partial charge on any atom is -0.335 e. The Morgan fingerprint density at radius 1 is 1.08 bits per heavy atom. The number of carbonyl (C=O) groups excluding carboxylic acids is 1. The van der Waals surface area contributed by atoms with Crippen LogP contribution in [0.1, 0.15) is 27.5 Å². The number of nitrogens with zero attached hydrogens (tertiary/aromatic N) is 2. The molecule has 0 aromatic heterocycles. The molecule has 0 aliphatic carbocycles. The molecule has 4 rings (SSSR count). The van der Waals surface area contributed by atoms with Crippen molar-refractivity contribution in [1.29, 1.82) is 0 Å². The van der Waals surface area contributed by atoms with Crippen LogP contribution in [0.4, 0.5) is 4.39 Å². The molecule has 2 aliphatic heterocycles. The van der Waals surface area contributed by atoms with E-state index in [0.717, 1.165) is 19.5 Å². The number of benzene rings is 2. The van der Waals surface area contributed by atoms with Crippen LogP contribution < -0.4 is 0 Å². The monoisotopic (exact) mass is 344 g/mol. The number of fused-ring (bicyclic) bond motifs is 3. The Bertz CT molecular complexity index is 774. The highest BCUT2D eigenvalue weighted by Crippen LogP contribution is 2.33. The van der Waals surface area contributed by atoms with Crippen molar-refractivity contribution in [3.05, 3.63) is 70.0 Å². The van der Waals surface area contributed by atoms with Gasteiger partial charge in [-0.2, -0.15) is 0 Å². The summed E-state index contributed by atoms with van der Waals surface area (Å²) >= 11 is 6.06. The summed E-state index contributed by atoms with van der Waals surface area (Å²) < 4.78 is 14.1. The molecular formula is C19H18ClFN2O. The van der Waals surface area contributed by atoms with Gasteiger partial charge >= 0.3 is 0 Å². The predicted molar refractivity (Wildman–Crippen MR) is 91.8 cm³/mol. The number of hydrogen-bond donors (Lipinski definition) is 0. The number of amides is 1. The van der Waals surface area contributed by atoms with Crippen LogP contribution in [0, 0.1) is 5.82 Å². The second kappa shape index (κ2) is 6.19. The van der Waals surface area contributed by atoms with Crippen LogP contribution in [0.2, 0.25) is 5.02 Å². The molecule has 1 fully saturated rings. The highest BCUT2D eigenvalue weighted by Gasteiger charge is 2.35. The molecule has 3 nitrogen and oxygen atoms in total. The lowest BCUT2D eigenvalue weighted by molar-refractivity contribution is 0.0450. The Hall–Kier alpha value is -1.91. The van der Waals surface area contributed by atoms with Crippen molar-refractivity contribution in [3.8, 4) is 0 Å². The van der Waals surface area contributed by atoms with E-state index in [0.29, 0.717) is 13.1 Å². The fraction of sp³-hybridized carbons (Fsp3) is 0.316. The topological polar surface area (TPSA) is 23.6 Å². The maximum Gasteiger partial charge on any atom is 0.258 e. The summed E-state index contributed by atoms with van der Waals surface area (Å²) in [5.74, 6) is -0.875. The van der Waals surface area contributed by atoms with E-state index in [4.69, 9.17) is 11.6 Å². The van der Waals surface area contributed by atoms with Crippen LogP contribution in [-0.2, 0) is 6.42 Å². The quantitative estimate of drug-likeness (QED) is 0.790. The molecule has 0 bridgehead atoms. The van der Waals surface area contributed by atoms with Gasteiger partial charge in [0.1, 0.15) is 5.82 Å². The van der Waals surface area contributed by atoms with E-state index in [1.54, 1.807) is 11.0 Å². The summed E-state index contributed by atoms with van der Waals surface area (Å²) in [5, 5.41) is 0.173. The Morgan fingerprint density at radius 3 is 2.75 bits per heavy atom. The van der Waals surface area contributed by atoms with Crippen LogP contribution in [0.15, 0.2) is 42.5 Å². The van der Waals surface area contributed by atoms with Gasteiger partial charge in [0.25, 0.3) is 5.91 Å². The standard InChI is InChI=1S/C19H18ClFN2O/c20-15-6-3-7-16(21)18(15)19(24)23-11-10-22-9-8-13-4-1-2-5-14(13)17(22)12-23/h1-7,17H,8-12H2. The van der Waals surface area contributed by atoms with E-state index in [2.05, 4.69) is 23.1 Å². The Balaban J connectivity index is 1.63. The number of hydrogen-bond acceptors (Lipinski definition) is 2. The maximum absolute atomic E-state index is 14.1. The van der Waals surface area contributed by atoms with Crippen LogP contribution >= 0.6 is 11.6 Å². The highest BCUT2D eigenvalue weighted by atomic mass is 35.5. The fourth-order valence-electron chi connectivity index (χ4n) is 3.78. The molecule has 2 heterocycles. The summed E-state index contributed by atoms with van der Waals surface area (Å²) in [4.78, 5) is 17.0. The lowest BCUT2D eigenvalue weighted by Crippen LogP contribution is -2.52. The van der Waals surface area contributed by atoms with Gasteiger partial charge in [0.2, 0.25) is 0 Å². The van der Waals surface area contributed by atoms with E-state index >= 15 is 0 Å². The molecule has 1 amide bonds. The molecular weight excluding hydrogens is 327 g/mol. The van der Waals surface area contributed by atoms with Crippen molar-refractivity contribution >= 4 is 17.5 Å². The Morgan fingerprint density at radius 2 is 1.92 bits per heavy atom. The second-order valence-electron chi connectivity index (χ2n) is 6.35. The van der Waals surface area contributed by atoms with Gasteiger partial charge in [0.05, 0.1) is 16.6 Å². The minimum absolute atomic E-state index is 0.0169. The molecule has 2 aromatic rings. The summed E-state index contributed by atoms with van der Waals surface area (Å²) in [5.41, 5.74) is 2.61. The van der Waals surface area contributed by atoms with Crippen molar-refractivity contribution in [2.45, 2.75) is 12.5 Å². The second-order valence-corrected chi connectivity index (χ2v) is 6.76. The summed E-state index contributed by atoms with van der Waals surface area (Å²) in [6.45, 7) is 2.98. The van der Waals surface area contributed by atoms with E-state index in [9.17, 15) is 9.18 Å².